The first-order chi connectivity index (χ1) is 12.0. The van der Waals surface area contributed by atoms with Gasteiger partial charge in [0.25, 0.3) is 0 Å². The molecule has 5 atom stereocenters. The van der Waals surface area contributed by atoms with E-state index in [0.29, 0.717) is 24.4 Å². The van der Waals surface area contributed by atoms with Crippen LogP contribution in [0.1, 0.15) is 46.0 Å². The number of piperazine rings is 1. The molecule has 0 aromatic rings. The quantitative estimate of drug-likeness (QED) is 0.752. The molecule has 2 heterocycles. The number of fused-ring (bicyclic) bond motifs is 1. The molecule has 4 aliphatic rings. The van der Waals surface area contributed by atoms with Crippen molar-refractivity contribution >= 4 is 11.8 Å². The number of hydrogen-bond acceptors (Lipinski definition) is 5. The van der Waals surface area contributed by atoms with Crippen LogP contribution in [0.4, 0.5) is 0 Å². The summed E-state index contributed by atoms with van der Waals surface area (Å²) in [7, 11) is 2.04. The molecule has 0 aromatic carbocycles. The molecule has 2 aliphatic heterocycles. The lowest BCUT2D eigenvalue weighted by Crippen LogP contribution is -2.67. The molecule has 7 heteroatoms. The van der Waals surface area contributed by atoms with Gasteiger partial charge in [-0.05, 0) is 44.9 Å². The summed E-state index contributed by atoms with van der Waals surface area (Å²) in [6, 6.07) is 0.899. The van der Waals surface area contributed by atoms with Gasteiger partial charge >= 0.3 is 0 Å². The summed E-state index contributed by atoms with van der Waals surface area (Å²) in [5.74, 6) is 1.27. The maximum atomic E-state index is 12.9. The zero-order chi connectivity index (χ0) is 17.7. The SMILES string of the molecule is CC(=O)N1C2CCC(C3CN(C)NN3)CC2N(C(=O)C2CC2)C[C@@H]1C. The molecular formula is C18H31N5O2. The summed E-state index contributed by atoms with van der Waals surface area (Å²) in [5, 5.41) is 2.08. The third-order valence-corrected chi connectivity index (χ3v) is 6.57. The van der Waals surface area contributed by atoms with Gasteiger partial charge in [0.15, 0.2) is 0 Å². The van der Waals surface area contributed by atoms with Crippen LogP contribution in [0.5, 0.6) is 0 Å². The molecule has 25 heavy (non-hydrogen) atoms. The fourth-order valence-corrected chi connectivity index (χ4v) is 5.23. The Bertz CT molecular complexity index is 552. The number of carbonyl (C=O) groups is 2. The third kappa shape index (κ3) is 3.17. The Morgan fingerprint density at radius 2 is 1.80 bits per heavy atom. The molecule has 0 spiro atoms. The Labute approximate surface area is 150 Å². The first-order valence-corrected chi connectivity index (χ1v) is 9.77. The summed E-state index contributed by atoms with van der Waals surface area (Å²) in [5.41, 5.74) is 6.56. The second-order valence-electron chi connectivity index (χ2n) is 8.49. The Kier molecular flexibility index (Phi) is 4.50. The van der Waals surface area contributed by atoms with Crippen LogP contribution in [-0.4, -0.2) is 70.9 Å². The Morgan fingerprint density at radius 3 is 2.40 bits per heavy atom. The predicted molar refractivity (Wildman–Crippen MR) is 94.0 cm³/mol. The van der Waals surface area contributed by atoms with Crippen molar-refractivity contribution in [1.29, 1.82) is 0 Å². The highest BCUT2D eigenvalue weighted by atomic mass is 16.2. The molecule has 4 rings (SSSR count). The Balaban J connectivity index is 1.55. The molecule has 0 bridgehead atoms. The molecule has 2 amide bonds. The maximum absolute atomic E-state index is 12.9. The van der Waals surface area contributed by atoms with Crippen LogP contribution in [0.3, 0.4) is 0 Å². The van der Waals surface area contributed by atoms with E-state index in [1.165, 1.54) is 0 Å². The highest BCUT2D eigenvalue weighted by molar-refractivity contribution is 5.82. The number of rotatable bonds is 2. The molecule has 2 saturated carbocycles. The van der Waals surface area contributed by atoms with E-state index in [2.05, 4.69) is 32.7 Å². The van der Waals surface area contributed by atoms with E-state index in [0.717, 1.165) is 38.6 Å². The van der Waals surface area contributed by atoms with E-state index in [4.69, 9.17) is 0 Å². The largest absolute Gasteiger partial charge is 0.335 e. The van der Waals surface area contributed by atoms with E-state index in [-0.39, 0.29) is 30.0 Å². The topological polar surface area (TPSA) is 67.9 Å². The molecule has 0 radical (unpaired) electrons. The smallest absolute Gasteiger partial charge is 0.226 e. The molecule has 140 valence electrons. The van der Waals surface area contributed by atoms with E-state index in [1.54, 1.807) is 6.92 Å². The number of amides is 2. The summed E-state index contributed by atoms with van der Waals surface area (Å²) in [6.07, 6.45) is 5.18. The summed E-state index contributed by atoms with van der Waals surface area (Å²) >= 11 is 0. The van der Waals surface area contributed by atoms with Gasteiger partial charge in [-0.25, -0.2) is 10.4 Å². The highest BCUT2D eigenvalue weighted by Gasteiger charge is 2.49. The van der Waals surface area contributed by atoms with Crippen LogP contribution < -0.4 is 11.0 Å². The van der Waals surface area contributed by atoms with Gasteiger partial charge in [0.2, 0.25) is 11.8 Å². The first kappa shape index (κ1) is 17.2. The number of nitrogens with one attached hydrogen (secondary N) is 2. The summed E-state index contributed by atoms with van der Waals surface area (Å²) in [6.45, 7) is 5.44. The minimum absolute atomic E-state index is 0.121. The van der Waals surface area contributed by atoms with Gasteiger partial charge in [0, 0.05) is 45.1 Å². The second kappa shape index (κ2) is 6.52. The lowest BCUT2D eigenvalue weighted by atomic mass is 9.75. The predicted octanol–water partition coefficient (Wildman–Crippen LogP) is 0.336. The van der Waals surface area contributed by atoms with Crippen LogP contribution in [0.15, 0.2) is 0 Å². The normalized spacial score (nSPS) is 39.4. The lowest BCUT2D eigenvalue weighted by Gasteiger charge is -2.54. The Morgan fingerprint density at radius 1 is 1.04 bits per heavy atom. The summed E-state index contributed by atoms with van der Waals surface area (Å²) in [4.78, 5) is 29.4. The van der Waals surface area contributed by atoms with Crippen molar-refractivity contribution in [3.63, 3.8) is 0 Å². The van der Waals surface area contributed by atoms with Crippen LogP contribution in [-0.2, 0) is 9.59 Å². The fourth-order valence-electron chi connectivity index (χ4n) is 5.23. The van der Waals surface area contributed by atoms with E-state index >= 15 is 0 Å². The van der Waals surface area contributed by atoms with E-state index < -0.39 is 0 Å². The van der Waals surface area contributed by atoms with Crippen LogP contribution in [0, 0.1) is 11.8 Å². The average Bonchev–Trinajstić information content (AvgIpc) is 3.34. The third-order valence-electron chi connectivity index (χ3n) is 6.57. The van der Waals surface area contributed by atoms with Crippen LogP contribution in [0.2, 0.25) is 0 Å². The zero-order valence-electron chi connectivity index (χ0n) is 15.6. The molecule has 4 unspecified atom stereocenters. The standard InChI is InChI=1S/C18H31N5O2/c1-11-9-22(18(25)13-4-5-13)17-8-14(15-10-21(3)20-19-15)6-7-16(17)23(11)12(2)24/h11,13-17,19-20H,4-10H2,1-3H3/t11-,14?,15?,16?,17?/m0/s1. The summed E-state index contributed by atoms with van der Waals surface area (Å²) < 4.78 is 0. The van der Waals surface area contributed by atoms with Crippen molar-refractivity contribution in [3.8, 4) is 0 Å². The molecule has 2 aliphatic carbocycles. The van der Waals surface area contributed by atoms with Gasteiger partial charge in [-0.2, -0.15) is 5.53 Å². The number of carbonyl (C=O) groups excluding carboxylic acids is 2. The minimum atomic E-state index is 0.121. The van der Waals surface area contributed by atoms with Gasteiger partial charge < -0.3 is 9.80 Å². The second-order valence-corrected chi connectivity index (χ2v) is 8.49. The van der Waals surface area contributed by atoms with E-state index in [1.807, 2.05) is 7.05 Å². The first-order valence-electron chi connectivity index (χ1n) is 9.77. The van der Waals surface area contributed by atoms with Crippen molar-refractivity contribution in [2.24, 2.45) is 11.8 Å². The van der Waals surface area contributed by atoms with Crippen molar-refractivity contribution in [3.05, 3.63) is 0 Å². The van der Waals surface area contributed by atoms with Gasteiger partial charge in [-0.1, -0.05) is 0 Å². The number of hydrazine groups is 2. The number of likely N-dealkylation sites (N-methyl/N-ethyl adjacent to an activating group) is 1. The van der Waals surface area contributed by atoms with Gasteiger partial charge in [-0.15, -0.1) is 0 Å². The van der Waals surface area contributed by atoms with Gasteiger partial charge in [-0.3, -0.25) is 9.59 Å². The van der Waals surface area contributed by atoms with Crippen LogP contribution >= 0.6 is 0 Å². The number of nitrogens with zero attached hydrogens (tertiary/aromatic N) is 3. The van der Waals surface area contributed by atoms with Gasteiger partial charge in [0.1, 0.15) is 0 Å². The number of hydrogen-bond donors (Lipinski definition) is 2. The molecule has 4 fully saturated rings. The zero-order valence-corrected chi connectivity index (χ0v) is 15.6. The van der Waals surface area contributed by atoms with Crippen molar-refractivity contribution < 1.29 is 9.59 Å². The van der Waals surface area contributed by atoms with Crippen molar-refractivity contribution in [1.82, 2.24) is 25.8 Å². The molecule has 2 N–H and O–H groups in total. The maximum Gasteiger partial charge on any atom is 0.226 e. The van der Waals surface area contributed by atoms with Crippen molar-refractivity contribution in [2.75, 3.05) is 20.1 Å². The van der Waals surface area contributed by atoms with Crippen molar-refractivity contribution in [2.45, 2.75) is 70.1 Å². The lowest BCUT2D eigenvalue weighted by molar-refractivity contribution is -0.155. The van der Waals surface area contributed by atoms with Gasteiger partial charge in [0.05, 0.1) is 12.1 Å². The minimum Gasteiger partial charge on any atom is -0.335 e. The van der Waals surface area contributed by atoms with E-state index in [9.17, 15) is 9.59 Å². The molecule has 7 nitrogen and oxygen atoms in total. The van der Waals surface area contributed by atoms with Crippen LogP contribution in [0.25, 0.3) is 0 Å². The monoisotopic (exact) mass is 349 g/mol. The molecule has 2 saturated heterocycles. The highest BCUT2D eigenvalue weighted by Crippen LogP contribution is 2.40. The molecular weight excluding hydrogens is 318 g/mol. The fraction of sp³-hybridized carbons (Fsp3) is 0.889. The Hall–Kier alpha value is -1.18. The average molecular weight is 349 g/mol. The molecule has 0 aromatic heterocycles.